The van der Waals surface area contributed by atoms with Crippen molar-refractivity contribution in [2.45, 2.75) is 18.6 Å². The first-order valence-electron chi connectivity index (χ1n) is 5.89. The highest BCUT2D eigenvalue weighted by Gasteiger charge is 2.22. The zero-order valence-electron chi connectivity index (χ0n) is 10.5. The predicted octanol–water partition coefficient (Wildman–Crippen LogP) is -0.320. The largest absolute Gasteiger partial charge is 0.383 e. The first kappa shape index (κ1) is 14.6. The van der Waals surface area contributed by atoms with Gasteiger partial charge >= 0.3 is 0 Å². The summed E-state index contributed by atoms with van der Waals surface area (Å²) in [6.07, 6.45) is -0.748. The lowest BCUT2D eigenvalue weighted by atomic mass is 10.0. The Kier molecular flexibility index (Phi) is 6.35. The van der Waals surface area contributed by atoms with Gasteiger partial charge in [0.05, 0.1) is 6.61 Å². The number of amides is 1. The average Bonchev–Trinajstić information content (AvgIpc) is 2.39. The molecular weight excluding hydrogens is 232 g/mol. The van der Waals surface area contributed by atoms with Gasteiger partial charge in [-0.3, -0.25) is 4.79 Å². The molecule has 1 amide bonds. The molecule has 0 saturated carbocycles. The fourth-order valence-electron chi connectivity index (χ4n) is 1.57. The molecule has 100 valence electrons. The molecule has 1 aromatic carbocycles. The number of aliphatic hydroxyl groups excluding tert-OH is 1. The molecule has 18 heavy (non-hydrogen) atoms. The summed E-state index contributed by atoms with van der Waals surface area (Å²) in [5.41, 5.74) is 6.81. The van der Waals surface area contributed by atoms with Crippen molar-refractivity contribution in [3.05, 3.63) is 35.9 Å². The van der Waals surface area contributed by atoms with Crippen molar-refractivity contribution in [2.75, 3.05) is 20.3 Å². The Morgan fingerprint density at radius 1 is 1.44 bits per heavy atom. The Bertz CT molecular complexity index is 357. The highest BCUT2D eigenvalue weighted by Crippen LogP contribution is 2.04. The highest BCUT2D eigenvalue weighted by atomic mass is 16.5. The van der Waals surface area contributed by atoms with Gasteiger partial charge in [0.15, 0.2) is 0 Å². The van der Waals surface area contributed by atoms with Crippen molar-refractivity contribution in [1.29, 1.82) is 0 Å². The van der Waals surface area contributed by atoms with E-state index in [1.807, 2.05) is 30.3 Å². The van der Waals surface area contributed by atoms with E-state index in [0.717, 1.165) is 5.56 Å². The molecule has 2 atom stereocenters. The monoisotopic (exact) mass is 252 g/mol. The van der Waals surface area contributed by atoms with Gasteiger partial charge in [-0.2, -0.15) is 0 Å². The van der Waals surface area contributed by atoms with Gasteiger partial charge in [0.25, 0.3) is 5.91 Å². The quantitative estimate of drug-likeness (QED) is 0.581. The van der Waals surface area contributed by atoms with Gasteiger partial charge in [0.1, 0.15) is 6.10 Å². The second kappa shape index (κ2) is 7.81. The molecule has 0 unspecified atom stereocenters. The van der Waals surface area contributed by atoms with E-state index in [2.05, 4.69) is 5.32 Å². The second-order valence-electron chi connectivity index (χ2n) is 4.08. The summed E-state index contributed by atoms with van der Waals surface area (Å²) in [4.78, 5) is 11.6. The molecule has 0 saturated heterocycles. The van der Waals surface area contributed by atoms with Crippen LogP contribution < -0.4 is 11.1 Å². The molecule has 0 fully saturated rings. The second-order valence-corrected chi connectivity index (χ2v) is 4.08. The number of aliphatic hydroxyl groups is 1. The lowest BCUT2D eigenvalue weighted by Crippen LogP contribution is -2.48. The molecule has 5 heteroatoms. The Morgan fingerprint density at radius 3 is 2.72 bits per heavy atom. The molecule has 0 aliphatic rings. The lowest BCUT2D eigenvalue weighted by Gasteiger charge is -2.18. The van der Waals surface area contributed by atoms with E-state index in [9.17, 15) is 9.90 Å². The normalized spacial score (nSPS) is 13.9. The van der Waals surface area contributed by atoms with Crippen LogP contribution in [-0.2, 0) is 16.0 Å². The highest BCUT2D eigenvalue weighted by molar-refractivity contribution is 5.81. The van der Waals surface area contributed by atoms with Crippen LogP contribution in [0.25, 0.3) is 0 Å². The summed E-state index contributed by atoms with van der Waals surface area (Å²) in [7, 11) is 1.55. The van der Waals surface area contributed by atoms with Gasteiger partial charge in [-0.25, -0.2) is 0 Å². The molecular formula is C13H20N2O3. The van der Waals surface area contributed by atoms with Crippen LogP contribution in [0.15, 0.2) is 30.3 Å². The molecule has 0 aliphatic heterocycles. The van der Waals surface area contributed by atoms with Crippen LogP contribution in [0.5, 0.6) is 0 Å². The van der Waals surface area contributed by atoms with Gasteiger partial charge in [-0.05, 0) is 12.0 Å². The molecule has 0 aliphatic carbocycles. The molecule has 1 rings (SSSR count). The summed E-state index contributed by atoms with van der Waals surface area (Å²) in [5, 5.41) is 12.3. The standard InChI is InChI=1S/C13H20N2O3/c1-18-8-7-15-13(17)12(16)11(14)9-10-5-3-2-4-6-10/h2-6,11-12,16H,7-9,14H2,1H3,(H,15,17)/t11-,12+/m1/s1. The maximum absolute atomic E-state index is 11.6. The average molecular weight is 252 g/mol. The van der Waals surface area contributed by atoms with E-state index in [-0.39, 0.29) is 0 Å². The Labute approximate surface area is 107 Å². The Morgan fingerprint density at radius 2 is 2.11 bits per heavy atom. The number of rotatable bonds is 7. The molecule has 0 heterocycles. The number of ether oxygens (including phenoxy) is 1. The lowest BCUT2D eigenvalue weighted by molar-refractivity contribution is -0.130. The predicted molar refractivity (Wildman–Crippen MR) is 69.0 cm³/mol. The Balaban J connectivity index is 2.40. The summed E-state index contributed by atoms with van der Waals surface area (Å²) in [6, 6.07) is 8.91. The van der Waals surface area contributed by atoms with Crippen LogP contribution in [-0.4, -0.2) is 43.4 Å². The number of carbonyl (C=O) groups excluding carboxylic acids is 1. The first-order chi connectivity index (χ1) is 8.65. The van der Waals surface area contributed by atoms with Gasteiger partial charge in [-0.1, -0.05) is 30.3 Å². The van der Waals surface area contributed by atoms with Crippen LogP contribution in [0.2, 0.25) is 0 Å². The van der Waals surface area contributed by atoms with Crippen LogP contribution in [0.4, 0.5) is 0 Å². The van der Waals surface area contributed by atoms with Crippen LogP contribution >= 0.6 is 0 Å². The molecule has 0 aromatic heterocycles. The molecule has 4 N–H and O–H groups in total. The minimum atomic E-state index is -1.21. The number of hydrogen-bond donors (Lipinski definition) is 3. The number of benzene rings is 1. The molecule has 5 nitrogen and oxygen atoms in total. The SMILES string of the molecule is COCCNC(=O)[C@@H](O)[C@H](N)Cc1ccccc1. The number of methoxy groups -OCH3 is 1. The third-order valence-corrected chi connectivity index (χ3v) is 2.59. The van der Waals surface area contributed by atoms with Crippen LogP contribution in [0.3, 0.4) is 0 Å². The van der Waals surface area contributed by atoms with Gasteiger partial charge in [0, 0.05) is 19.7 Å². The van der Waals surface area contributed by atoms with Crippen LogP contribution in [0.1, 0.15) is 5.56 Å². The van der Waals surface area contributed by atoms with Crippen molar-refractivity contribution in [3.8, 4) is 0 Å². The van der Waals surface area contributed by atoms with Crippen LogP contribution in [0, 0.1) is 0 Å². The molecule has 0 spiro atoms. The maximum Gasteiger partial charge on any atom is 0.250 e. The number of nitrogens with one attached hydrogen (secondary N) is 1. The van der Waals surface area contributed by atoms with Crippen molar-refractivity contribution in [3.63, 3.8) is 0 Å². The van der Waals surface area contributed by atoms with Crippen molar-refractivity contribution >= 4 is 5.91 Å². The van der Waals surface area contributed by atoms with Gasteiger partial charge < -0.3 is 20.9 Å². The summed E-state index contributed by atoms with van der Waals surface area (Å²) >= 11 is 0. The molecule has 0 radical (unpaired) electrons. The number of nitrogens with two attached hydrogens (primary N) is 1. The Hall–Kier alpha value is -1.43. The fraction of sp³-hybridized carbons (Fsp3) is 0.462. The number of carbonyl (C=O) groups is 1. The summed E-state index contributed by atoms with van der Waals surface area (Å²) < 4.78 is 4.80. The zero-order chi connectivity index (χ0) is 13.4. The van der Waals surface area contributed by atoms with E-state index in [0.29, 0.717) is 19.6 Å². The number of hydrogen-bond acceptors (Lipinski definition) is 4. The van der Waals surface area contributed by atoms with Gasteiger partial charge in [0.2, 0.25) is 0 Å². The topological polar surface area (TPSA) is 84.6 Å². The van der Waals surface area contributed by atoms with E-state index >= 15 is 0 Å². The molecule has 0 bridgehead atoms. The smallest absolute Gasteiger partial charge is 0.250 e. The minimum absolute atomic E-state index is 0.366. The minimum Gasteiger partial charge on any atom is -0.383 e. The van der Waals surface area contributed by atoms with Crippen molar-refractivity contribution in [2.24, 2.45) is 5.73 Å². The van der Waals surface area contributed by atoms with Gasteiger partial charge in [-0.15, -0.1) is 0 Å². The summed E-state index contributed by atoms with van der Waals surface area (Å²) in [5.74, 6) is -0.463. The van der Waals surface area contributed by atoms with E-state index in [1.54, 1.807) is 7.11 Å². The fourth-order valence-corrected chi connectivity index (χ4v) is 1.57. The van der Waals surface area contributed by atoms with E-state index < -0.39 is 18.1 Å². The third kappa shape index (κ3) is 4.83. The molecule has 1 aromatic rings. The van der Waals surface area contributed by atoms with E-state index in [1.165, 1.54) is 0 Å². The van der Waals surface area contributed by atoms with E-state index in [4.69, 9.17) is 10.5 Å². The first-order valence-corrected chi connectivity index (χ1v) is 5.89. The summed E-state index contributed by atoms with van der Waals surface area (Å²) in [6.45, 7) is 0.775. The third-order valence-electron chi connectivity index (χ3n) is 2.59. The van der Waals surface area contributed by atoms with Crippen molar-refractivity contribution in [1.82, 2.24) is 5.32 Å². The van der Waals surface area contributed by atoms with Crippen molar-refractivity contribution < 1.29 is 14.6 Å². The zero-order valence-corrected chi connectivity index (χ0v) is 10.5. The maximum atomic E-state index is 11.6.